The summed E-state index contributed by atoms with van der Waals surface area (Å²) < 4.78 is 0. The minimum Gasteiger partial charge on any atom is -0.364 e. The van der Waals surface area contributed by atoms with Crippen molar-refractivity contribution in [3.05, 3.63) is 29.6 Å². The largest absolute Gasteiger partial charge is 0.364 e. The Labute approximate surface area is 99.8 Å². The number of nitrogens with zero attached hydrogens (tertiary/aromatic N) is 2. The normalized spacial score (nSPS) is 10.3. The summed E-state index contributed by atoms with van der Waals surface area (Å²) >= 11 is 0. The Kier molecular flexibility index (Phi) is 4.59. The molecule has 0 saturated heterocycles. The van der Waals surface area contributed by atoms with Crippen LogP contribution in [0.1, 0.15) is 20.8 Å². The van der Waals surface area contributed by atoms with Crippen LogP contribution in [0, 0.1) is 0 Å². The minimum atomic E-state index is -0.705. The molecule has 17 heavy (non-hydrogen) atoms. The van der Waals surface area contributed by atoms with Gasteiger partial charge in [0.25, 0.3) is 11.8 Å². The zero-order valence-corrected chi connectivity index (χ0v) is 9.93. The van der Waals surface area contributed by atoms with Crippen molar-refractivity contribution in [3.63, 3.8) is 0 Å². The van der Waals surface area contributed by atoms with E-state index in [-0.39, 0.29) is 17.2 Å². The van der Waals surface area contributed by atoms with Crippen LogP contribution in [0.3, 0.4) is 0 Å². The second-order valence-corrected chi connectivity index (χ2v) is 3.82. The van der Waals surface area contributed by atoms with E-state index in [0.717, 1.165) is 6.54 Å². The Morgan fingerprint density at radius 2 is 2.18 bits per heavy atom. The molecule has 0 saturated carbocycles. The molecule has 0 aliphatic rings. The Morgan fingerprint density at radius 1 is 1.47 bits per heavy atom. The molecule has 2 amide bonds. The molecule has 92 valence electrons. The highest BCUT2D eigenvalue weighted by Crippen LogP contribution is 2.04. The SMILES string of the molecule is CN(C)CCNC(=O)c1cccnc1C(N)=O. The van der Waals surface area contributed by atoms with E-state index in [2.05, 4.69) is 10.3 Å². The number of rotatable bonds is 5. The molecule has 1 heterocycles. The van der Waals surface area contributed by atoms with Crippen molar-refractivity contribution < 1.29 is 9.59 Å². The highest BCUT2D eigenvalue weighted by Gasteiger charge is 2.15. The molecule has 6 nitrogen and oxygen atoms in total. The third-order valence-corrected chi connectivity index (χ3v) is 2.13. The van der Waals surface area contributed by atoms with Crippen LogP contribution in [-0.4, -0.2) is 48.9 Å². The highest BCUT2D eigenvalue weighted by molar-refractivity contribution is 6.05. The fourth-order valence-corrected chi connectivity index (χ4v) is 1.27. The number of hydrogen-bond donors (Lipinski definition) is 2. The predicted octanol–water partition coefficient (Wildman–Crippen LogP) is -0.528. The summed E-state index contributed by atoms with van der Waals surface area (Å²) in [6.45, 7) is 1.22. The van der Waals surface area contributed by atoms with E-state index in [4.69, 9.17) is 5.73 Å². The second kappa shape index (κ2) is 5.95. The number of carbonyl (C=O) groups is 2. The molecule has 1 aromatic rings. The van der Waals surface area contributed by atoms with Gasteiger partial charge in [-0.25, -0.2) is 0 Å². The topological polar surface area (TPSA) is 88.3 Å². The molecule has 1 rings (SSSR count). The standard InChI is InChI=1S/C11H16N4O2/c1-15(2)7-6-14-11(17)8-4-3-5-13-9(8)10(12)16/h3-5H,6-7H2,1-2H3,(H2,12,16)(H,14,17). The van der Waals surface area contributed by atoms with Crippen molar-refractivity contribution in [3.8, 4) is 0 Å². The van der Waals surface area contributed by atoms with E-state index < -0.39 is 5.91 Å². The second-order valence-electron chi connectivity index (χ2n) is 3.82. The summed E-state index contributed by atoms with van der Waals surface area (Å²) in [4.78, 5) is 28.6. The lowest BCUT2D eigenvalue weighted by molar-refractivity contribution is 0.0931. The number of primary amides is 1. The number of nitrogens with two attached hydrogens (primary N) is 1. The maximum absolute atomic E-state index is 11.8. The lowest BCUT2D eigenvalue weighted by atomic mass is 10.1. The fraction of sp³-hybridized carbons (Fsp3) is 0.364. The minimum absolute atomic E-state index is 0.00477. The molecule has 0 bridgehead atoms. The molecule has 0 aliphatic heterocycles. The van der Waals surface area contributed by atoms with Crippen LogP contribution in [-0.2, 0) is 0 Å². The average molecular weight is 236 g/mol. The van der Waals surface area contributed by atoms with E-state index >= 15 is 0 Å². The number of amides is 2. The maximum atomic E-state index is 11.8. The van der Waals surface area contributed by atoms with E-state index in [1.165, 1.54) is 12.3 Å². The van der Waals surface area contributed by atoms with Gasteiger partial charge >= 0.3 is 0 Å². The fourth-order valence-electron chi connectivity index (χ4n) is 1.27. The summed E-state index contributed by atoms with van der Waals surface area (Å²) in [5, 5.41) is 2.70. The third kappa shape index (κ3) is 3.84. The van der Waals surface area contributed by atoms with E-state index in [0.29, 0.717) is 6.54 Å². The summed E-state index contributed by atoms with van der Waals surface area (Å²) in [7, 11) is 3.82. The molecule has 3 N–H and O–H groups in total. The van der Waals surface area contributed by atoms with Crippen LogP contribution in [0.25, 0.3) is 0 Å². The molecule has 0 spiro atoms. The van der Waals surface area contributed by atoms with Gasteiger partial charge < -0.3 is 16.0 Å². The Hall–Kier alpha value is -1.95. The molecule has 6 heteroatoms. The van der Waals surface area contributed by atoms with Gasteiger partial charge in [-0.15, -0.1) is 0 Å². The van der Waals surface area contributed by atoms with Gasteiger partial charge in [-0.1, -0.05) is 0 Å². The van der Waals surface area contributed by atoms with Gasteiger partial charge in [0, 0.05) is 19.3 Å². The van der Waals surface area contributed by atoms with Crippen molar-refractivity contribution >= 4 is 11.8 Å². The first-order valence-corrected chi connectivity index (χ1v) is 5.20. The van der Waals surface area contributed by atoms with Gasteiger partial charge in [0.05, 0.1) is 5.56 Å². The maximum Gasteiger partial charge on any atom is 0.268 e. The zero-order chi connectivity index (χ0) is 12.8. The van der Waals surface area contributed by atoms with E-state index in [1.807, 2.05) is 19.0 Å². The van der Waals surface area contributed by atoms with Gasteiger partial charge in [-0.05, 0) is 26.2 Å². The Morgan fingerprint density at radius 3 is 2.76 bits per heavy atom. The van der Waals surface area contributed by atoms with Crippen LogP contribution in [0.15, 0.2) is 18.3 Å². The van der Waals surface area contributed by atoms with Crippen molar-refractivity contribution in [2.45, 2.75) is 0 Å². The van der Waals surface area contributed by atoms with Gasteiger partial charge in [-0.3, -0.25) is 14.6 Å². The number of pyridine rings is 1. The summed E-state index contributed by atoms with van der Waals surface area (Å²) in [6, 6.07) is 3.12. The Balaban J connectivity index is 2.72. The monoisotopic (exact) mass is 236 g/mol. The van der Waals surface area contributed by atoms with Crippen LogP contribution < -0.4 is 11.1 Å². The summed E-state index contributed by atoms with van der Waals surface area (Å²) in [5.74, 6) is -1.04. The lowest BCUT2D eigenvalue weighted by Gasteiger charge is -2.11. The lowest BCUT2D eigenvalue weighted by Crippen LogP contribution is -2.33. The quantitative estimate of drug-likeness (QED) is 0.719. The number of nitrogens with one attached hydrogen (secondary N) is 1. The first kappa shape index (κ1) is 13.1. The third-order valence-electron chi connectivity index (χ3n) is 2.13. The van der Waals surface area contributed by atoms with E-state index in [1.54, 1.807) is 6.07 Å². The molecule has 0 unspecified atom stereocenters. The molecule has 0 aliphatic carbocycles. The molecule has 0 atom stereocenters. The van der Waals surface area contributed by atoms with Crippen molar-refractivity contribution in [1.82, 2.24) is 15.2 Å². The van der Waals surface area contributed by atoms with Crippen LogP contribution in [0.4, 0.5) is 0 Å². The molecular formula is C11H16N4O2. The number of aromatic nitrogens is 1. The number of hydrogen-bond acceptors (Lipinski definition) is 4. The van der Waals surface area contributed by atoms with E-state index in [9.17, 15) is 9.59 Å². The smallest absolute Gasteiger partial charge is 0.268 e. The summed E-state index contributed by atoms with van der Waals surface area (Å²) in [6.07, 6.45) is 1.43. The van der Waals surface area contributed by atoms with Gasteiger partial charge in [0.2, 0.25) is 0 Å². The van der Waals surface area contributed by atoms with Gasteiger partial charge in [0.1, 0.15) is 5.69 Å². The molecule has 0 radical (unpaired) electrons. The first-order valence-electron chi connectivity index (χ1n) is 5.20. The first-order chi connectivity index (χ1) is 8.02. The van der Waals surface area contributed by atoms with Crippen molar-refractivity contribution in [1.29, 1.82) is 0 Å². The van der Waals surface area contributed by atoms with Crippen LogP contribution in [0.5, 0.6) is 0 Å². The molecule has 1 aromatic heterocycles. The molecular weight excluding hydrogens is 220 g/mol. The molecule has 0 aromatic carbocycles. The number of carbonyl (C=O) groups excluding carboxylic acids is 2. The average Bonchev–Trinajstić information content (AvgIpc) is 2.28. The summed E-state index contributed by atoms with van der Waals surface area (Å²) in [5.41, 5.74) is 5.34. The van der Waals surface area contributed by atoms with Gasteiger partial charge in [-0.2, -0.15) is 0 Å². The van der Waals surface area contributed by atoms with Crippen LogP contribution >= 0.6 is 0 Å². The predicted molar refractivity (Wildman–Crippen MR) is 63.6 cm³/mol. The van der Waals surface area contributed by atoms with Crippen molar-refractivity contribution in [2.24, 2.45) is 5.73 Å². The highest BCUT2D eigenvalue weighted by atomic mass is 16.2. The van der Waals surface area contributed by atoms with Gasteiger partial charge in [0.15, 0.2) is 0 Å². The van der Waals surface area contributed by atoms with Crippen molar-refractivity contribution in [2.75, 3.05) is 27.2 Å². The molecule has 0 fully saturated rings. The Bertz CT molecular complexity index is 418. The van der Waals surface area contributed by atoms with Crippen LogP contribution in [0.2, 0.25) is 0 Å². The zero-order valence-electron chi connectivity index (χ0n) is 9.93. The number of likely N-dealkylation sites (N-methyl/N-ethyl adjacent to an activating group) is 1.